The molecule has 0 spiro atoms. The predicted octanol–water partition coefficient (Wildman–Crippen LogP) is 11.7. The molecule has 0 heterocycles. The van der Waals surface area contributed by atoms with Gasteiger partial charge in [-0.25, -0.2) is 4.57 Å². The highest BCUT2D eigenvalue weighted by molar-refractivity contribution is 7.47. The van der Waals surface area contributed by atoms with Gasteiger partial charge in [-0.2, -0.15) is 0 Å². The van der Waals surface area contributed by atoms with E-state index in [1.54, 1.807) is 0 Å². The van der Waals surface area contributed by atoms with Crippen LogP contribution in [0.2, 0.25) is 0 Å². The molecule has 0 amide bonds. The summed E-state index contributed by atoms with van der Waals surface area (Å²) in [5, 5.41) is 18.3. The fraction of sp³-hybridized carbons (Fsp3) is 0.778. The molecule has 56 heavy (non-hydrogen) atoms. The van der Waals surface area contributed by atoms with Crippen molar-refractivity contribution in [3.63, 3.8) is 0 Å². The number of hydrogen-bond acceptors (Lipinski definition) is 9. The number of phosphoric ester groups is 1. The average molecular weight is 813 g/mol. The van der Waals surface area contributed by atoms with E-state index in [-0.39, 0.29) is 19.4 Å². The lowest BCUT2D eigenvalue weighted by Gasteiger charge is -2.20. The molecule has 0 bridgehead atoms. The topological polar surface area (TPSA) is 149 Å². The molecule has 0 aromatic rings. The molecule has 0 aromatic heterocycles. The maximum atomic E-state index is 12.6. The molecular formula is C45H81O10P. The number of hydrogen-bond donors (Lipinski definition) is 3. The lowest BCUT2D eigenvalue weighted by atomic mass is 10.1. The van der Waals surface area contributed by atoms with Crippen LogP contribution in [0.15, 0.2) is 48.6 Å². The van der Waals surface area contributed by atoms with Gasteiger partial charge >= 0.3 is 19.8 Å². The van der Waals surface area contributed by atoms with E-state index in [4.69, 9.17) is 19.1 Å². The summed E-state index contributed by atoms with van der Waals surface area (Å²) in [6.45, 7) is 2.31. The summed E-state index contributed by atoms with van der Waals surface area (Å²) in [5.74, 6) is -0.950. The average Bonchev–Trinajstić information content (AvgIpc) is 3.19. The number of aliphatic hydroxyl groups is 2. The molecule has 0 rings (SSSR count). The molecule has 3 N–H and O–H groups in total. The van der Waals surface area contributed by atoms with Gasteiger partial charge in [-0.05, 0) is 77.0 Å². The molecule has 11 heteroatoms. The first kappa shape index (κ1) is 53.9. The van der Waals surface area contributed by atoms with Crippen LogP contribution < -0.4 is 0 Å². The molecule has 0 aliphatic carbocycles. The van der Waals surface area contributed by atoms with Gasteiger partial charge in [-0.3, -0.25) is 18.6 Å². The minimum atomic E-state index is -4.62. The number of ether oxygens (including phenoxy) is 2. The van der Waals surface area contributed by atoms with Crippen molar-refractivity contribution in [3.8, 4) is 0 Å². The van der Waals surface area contributed by atoms with Crippen LogP contribution in [-0.4, -0.2) is 65.7 Å². The Bertz CT molecular complexity index is 1070. The maximum Gasteiger partial charge on any atom is 0.472 e. The Morgan fingerprint density at radius 3 is 1.41 bits per heavy atom. The first-order valence-electron chi connectivity index (χ1n) is 22.1. The van der Waals surface area contributed by atoms with Crippen LogP contribution in [-0.2, 0) is 32.7 Å². The predicted molar refractivity (Wildman–Crippen MR) is 228 cm³/mol. The molecule has 0 saturated carbocycles. The highest BCUT2D eigenvalue weighted by atomic mass is 31.2. The lowest BCUT2D eigenvalue weighted by Crippen LogP contribution is -2.29. The van der Waals surface area contributed by atoms with Gasteiger partial charge in [0, 0.05) is 12.8 Å². The Labute approximate surface area is 341 Å². The Kier molecular flexibility index (Phi) is 39.6. The Balaban J connectivity index is 4.32. The number of esters is 2. The third kappa shape index (κ3) is 40.1. The highest BCUT2D eigenvalue weighted by Crippen LogP contribution is 2.43. The first-order valence-corrected chi connectivity index (χ1v) is 23.6. The van der Waals surface area contributed by atoms with Gasteiger partial charge in [0.2, 0.25) is 0 Å². The minimum Gasteiger partial charge on any atom is -0.462 e. The number of aliphatic hydroxyl groups excluding tert-OH is 2. The van der Waals surface area contributed by atoms with Gasteiger partial charge in [0.05, 0.1) is 19.8 Å². The maximum absolute atomic E-state index is 12.6. The van der Waals surface area contributed by atoms with E-state index in [0.29, 0.717) is 12.8 Å². The number of carbonyl (C=O) groups is 2. The van der Waals surface area contributed by atoms with E-state index in [1.165, 1.54) is 64.2 Å². The van der Waals surface area contributed by atoms with E-state index in [0.717, 1.165) is 83.5 Å². The van der Waals surface area contributed by atoms with Crippen LogP contribution in [0.3, 0.4) is 0 Å². The number of phosphoric acid groups is 1. The number of rotatable bonds is 41. The van der Waals surface area contributed by atoms with Gasteiger partial charge in [0.1, 0.15) is 12.7 Å². The zero-order chi connectivity index (χ0) is 41.2. The van der Waals surface area contributed by atoms with Gasteiger partial charge in [0.15, 0.2) is 6.10 Å². The molecular weight excluding hydrogens is 731 g/mol. The summed E-state index contributed by atoms with van der Waals surface area (Å²) in [6, 6.07) is 0. The molecule has 10 nitrogen and oxygen atoms in total. The van der Waals surface area contributed by atoms with Gasteiger partial charge in [-0.1, -0.05) is 146 Å². The van der Waals surface area contributed by atoms with Crippen molar-refractivity contribution >= 4 is 19.8 Å². The van der Waals surface area contributed by atoms with Crippen LogP contribution in [0, 0.1) is 0 Å². The SMILES string of the molecule is CCCCC/C=C\C/C=C\CCCCCCCC(=O)OCC(COP(=O)(O)OCC(O)CO)OC(=O)CCCCCCCCC/C=C\C/C=C\CCCCCC. The van der Waals surface area contributed by atoms with Crippen LogP contribution in [0.25, 0.3) is 0 Å². The van der Waals surface area contributed by atoms with Crippen molar-refractivity contribution in [3.05, 3.63) is 48.6 Å². The molecule has 0 radical (unpaired) electrons. The van der Waals surface area contributed by atoms with E-state index < -0.39 is 51.8 Å². The van der Waals surface area contributed by atoms with E-state index in [1.807, 2.05) is 0 Å². The summed E-state index contributed by atoms with van der Waals surface area (Å²) in [5.41, 5.74) is 0. The van der Waals surface area contributed by atoms with Crippen LogP contribution in [0.4, 0.5) is 0 Å². The second-order valence-electron chi connectivity index (χ2n) is 14.7. The first-order chi connectivity index (χ1) is 27.2. The smallest absolute Gasteiger partial charge is 0.462 e. The molecule has 0 fully saturated rings. The number of carbonyl (C=O) groups excluding carboxylic acids is 2. The summed E-state index contributed by atoms with van der Waals surface area (Å²) in [6.07, 6.45) is 43.5. The third-order valence-electron chi connectivity index (χ3n) is 9.21. The van der Waals surface area contributed by atoms with Crippen molar-refractivity contribution in [2.45, 2.75) is 199 Å². The fourth-order valence-corrected chi connectivity index (χ4v) is 6.55. The van der Waals surface area contributed by atoms with Crippen molar-refractivity contribution < 1.29 is 47.8 Å². The van der Waals surface area contributed by atoms with E-state index in [9.17, 15) is 24.2 Å². The summed E-state index contributed by atoms with van der Waals surface area (Å²) in [4.78, 5) is 35.0. The van der Waals surface area contributed by atoms with Crippen LogP contribution in [0.1, 0.15) is 187 Å². The monoisotopic (exact) mass is 813 g/mol. The van der Waals surface area contributed by atoms with Gasteiger partial charge < -0.3 is 24.6 Å². The minimum absolute atomic E-state index is 0.171. The summed E-state index contributed by atoms with van der Waals surface area (Å²) < 4.78 is 32.7. The van der Waals surface area contributed by atoms with Crippen molar-refractivity contribution in [1.29, 1.82) is 0 Å². The summed E-state index contributed by atoms with van der Waals surface area (Å²) in [7, 11) is -4.62. The van der Waals surface area contributed by atoms with E-state index >= 15 is 0 Å². The Hall–Kier alpha value is -2.07. The second kappa shape index (κ2) is 41.1. The number of allylic oxidation sites excluding steroid dienone is 8. The lowest BCUT2D eigenvalue weighted by molar-refractivity contribution is -0.161. The zero-order valence-corrected chi connectivity index (χ0v) is 36.2. The van der Waals surface area contributed by atoms with Crippen molar-refractivity contribution in [2.24, 2.45) is 0 Å². The van der Waals surface area contributed by atoms with Crippen LogP contribution in [0.5, 0.6) is 0 Å². The van der Waals surface area contributed by atoms with Gasteiger partial charge in [0.25, 0.3) is 0 Å². The van der Waals surface area contributed by atoms with Gasteiger partial charge in [-0.15, -0.1) is 0 Å². The normalized spacial score (nSPS) is 14.3. The molecule has 0 aromatic carbocycles. The molecule has 3 atom stereocenters. The second-order valence-corrected chi connectivity index (χ2v) is 16.2. The van der Waals surface area contributed by atoms with Crippen molar-refractivity contribution in [1.82, 2.24) is 0 Å². The quantitative estimate of drug-likeness (QED) is 0.0236. The largest absolute Gasteiger partial charge is 0.472 e. The third-order valence-corrected chi connectivity index (χ3v) is 10.2. The fourth-order valence-electron chi connectivity index (χ4n) is 5.76. The van der Waals surface area contributed by atoms with E-state index in [2.05, 4.69) is 67.0 Å². The molecule has 0 aliphatic rings. The molecule has 326 valence electrons. The Morgan fingerprint density at radius 2 is 0.929 bits per heavy atom. The molecule has 0 saturated heterocycles. The zero-order valence-electron chi connectivity index (χ0n) is 35.3. The standard InChI is InChI=1S/C45H81O10P/c1-3-5-7-9-11-13-15-17-19-20-21-23-25-27-29-31-33-35-37-45(49)55-43(41-54-56(50,51)53-39-42(47)38-46)40-52-44(48)36-34-32-30-28-26-24-22-18-16-14-12-10-8-6-4-2/h12-15,18-20,22,42-43,46-47H,3-11,16-17,21,23-41H2,1-2H3,(H,50,51)/b14-12-,15-13-,20-19-,22-18-. The molecule has 3 unspecified atom stereocenters. The summed E-state index contributed by atoms with van der Waals surface area (Å²) >= 11 is 0. The highest BCUT2D eigenvalue weighted by Gasteiger charge is 2.27. The molecule has 0 aliphatic heterocycles. The number of unbranched alkanes of at least 4 members (excludes halogenated alkanes) is 19. The van der Waals surface area contributed by atoms with Crippen molar-refractivity contribution in [2.75, 3.05) is 26.4 Å². The van der Waals surface area contributed by atoms with Crippen LogP contribution >= 0.6 is 7.82 Å². The Morgan fingerprint density at radius 1 is 0.536 bits per heavy atom.